The van der Waals surface area contributed by atoms with Gasteiger partial charge in [-0.15, -0.1) is 0 Å². The summed E-state index contributed by atoms with van der Waals surface area (Å²) < 4.78 is 17.2. The minimum atomic E-state index is -0.703. The number of unbranched alkanes of at least 4 members (excludes halogenated alkanes) is 4. The van der Waals surface area contributed by atoms with Crippen LogP contribution in [0.2, 0.25) is 0 Å². The number of aldehydes is 1. The van der Waals surface area contributed by atoms with Gasteiger partial charge in [-0.3, -0.25) is 14.5 Å². The van der Waals surface area contributed by atoms with Gasteiger partial charge in [0.15, 0.2) is 0 Å². The molecule has 0 bridgehead atoms. The molecule has 2 aromatic rings. The lowest BCUT2D eigenvalue weighted by Crippen LogP contribution is -2.39. The number of likely N-dealkylation sites (N-methyl/N-ethyl adjacent to an activating group) is 2. The molecule has 1 aromatic carbocycles. The number of carbonyl (C=O) groups is 4. The molecule has 330 valence electrons. The van der Waals surface area contributed by atoms with E-state index in [1.54, 1.807) is 7.05 Å². The maximum absolute atomic E-state index is 12.0. The maximum atomic E-state index is 12.0. The van der Waals surface area contributed by atoms with Crippen LogP contribution in [-0.4, -0.2) is 90.8 Å². The number of aliphatic carboxylic acids is 1. The lowest BCUT2D eigenvalue weighted by atomic mass is 10.0. The van der Waals surface area contributed by atoms with Crippen molar-refractivity contribution < 1.29 is 38.5 Å². The normalized spacial score (nSPS) is 18.9. The molecule has 1 aromatic heterocycles. The molecular formula is C46H78N4O8. The maximum Gasteiger partial charge on any atom is 0.407 e. The Bertz CT molecular complexity index is 1520. The number of hydrogen-bond donors (Lipinski definition) is 3. The largest absolute Gasteiger partial charge is 0.488 e. The smallest absolute Gasteiger partial charge is 0.407 e. The highest BCUT2D eigenvalue weighted by molar-refractivity contribution is 5.89. The van der Waals surface area contributed by atoms with Gasteiger partial charge in [-0.1, -0.05) is 92.4 Å². The highest BCUT2D eigenvalue weighted by Gasteiger charge is 2.41. The van der Waals surface area contributed by atoms with Crippen LogP contribution in [0.15, 0.2) is 30.4 Å². The number of pyridine rings is 1. The summed E-state index contributed by atoms with van der Waals surface area (Å²) in [5.74, 6) is 0.678. The third kappa shape index (κ3) is 19.0. The first-order valence-electron chi connectivity index (χ1n) is 21.9. The molecule has 12 heteroatoms. The Morgan fingerprint density at radius 2 is 1.69 bits per heavy atom. The van der Waals surface area contributed by atoms with Crippen LogP contribution in [0.3, 0.4) is 0 Å². The molecule has 58 heavy (non-hydrogen) atoms. The number of nitrogens with zero attached hydrogens (tertiary/aromatic N) is 2. The zero-order valence-corrected chi connectivity index (χ0v) is 38.1. The summed E-state index contributed by atoms with van der Waals surface area (Å²) in [5, 5.41) is 15.1. The van der Waals surface area contributed by atoms with Crippen LogP contribution in [0.5, 0.6) is 11.6 Å². The van der Waals surface area contributed by atoms with E-state index in [2.05, 4.69) is 48.5 Å². The van der Waals surface area contributed by atoms with Crippen molar-refractivity contribution in [3.05, 3.63) is 41.5 Å². The van der Waals surface area contributed by atoms with Crippen LogP contribution >= 0.6 is 0 Å². The number of carboxylic acid groups (broad SMARTS) is 1. The van der Waals surface area contributed by atoms with Gasteiger partial charge in [-0.2, -0.15) is 0 Å². The molecule has 2 aliphatic rings. The molecule has 1 saturated carbocycles. The average Bonchev–Trinajstić information content (AvgIpc) is 3.93. The number of allylic oxidation sites excluding steroid dienone is 2. The van der Waals surface area contributed by atoms with E-state index in [4.69, 9.17) is 19.3 Å². The predicted molar refractivity (Wildman–Crippen MR) is 236 cm³/mol. The number of hydrogen-bond acceptors (Lipinski definition) is 9. The number of fused-ring (bicyclic) bond motifs is 1. The van der Waals surface area contributed by atoms with E-state index in [1.165, 1.54) is 5.56 Å². The molecule has 0 spiro atoms. The number of carbonyl (C=O) groups excluding carboxylic acids is 3. The molecule has 2 heterocycles. The van der Waals surface area contributed by atoms with E-state index in [-0.39, 0.29) is 36.0 Å². The summed E-state index contributed by atoms with van der Waals surface area (Å²) in [6.07, 6.45) is 12.8. The average molecular weight is 815 g/mol. The van der Waals surface area contributed by atoms with Crippen LogP contribution in [0, 0.1) is 25.7 Å². The Labute approximate surface area is 350 Å². The Morgan fingerprint density at radius 3 is 2.28 bits per heavy atom. The number of carboxylic acids is 1. The van der Waals surface area contributed by atoms with E-state index < -0.39 is 18.1 Å². The molecule has 1 aliphatic heterocycles. The zero-order chi connectivity index (χ0) is 44.2. The number of likely N-dealkylation sites (tertiary alicyclic amines) is 1. The third-order valence-electron chi connectivity index (χ3n) is 9.75. The molecule has 1 aliphatic carbocycles. The van der Waals surface area contributed by atoms with Crippen LogP contribution in [0.4, 0.5) is 4.79 Å². The van der Waals surface area contributed by atoms with Crippen molar-refractivity contribution in [1.29, 1.82) is 0 Å². The van der Waals surface area contributed by atoms with Gasteiger partial charge in [-0.05, 0) is 90.0 Å². The highest BCUT2D eigenvalue weighted by atomic mass is 16.6. The van der Waals surface area contributed by atoms with Gasteiger partial charge in [0.05, 0.1) is 30.1 Å². The Morgan fingerprint density at radius 1 is 1.00 bits per heavy atom. The van der Waals surface area contributed by atoms with Gasteiger partial charge in [-0.25, -0.2) is 9.78 Å². The number of amides is 2. The van der Waals surface area contributed by atoms with E-state index >= 15 is 0 Å². The van der Waals surface area contributed by atoms with Crippen molar-refractivity contribution in [3.63, 3.8) is 0 Å². The summed E-state index contributed by atoms with van der Waals surface area (Å²) in [6.45, 7) is 23.3. The summed E-state index contributed by atoms with van der Waals surface area (Å²) in [6, 6.07) is 5.33. The Kier molecular flexibility index (Phi) is 28.6. The van der Waals surface area contributed by atoms with Crippen molar-refractivity contribution in [2.24, 2.45) is 11.8 Å². The lowest BCUT2D eigenvalue weighted by Gasteiger charge is -2.17. The topological polar surface area (TPSA) is 156 Å². The van der Waals surface area contributed by atoms with Gasteiger partial charge in [0.2, 0.25) is 11.8 Å². The Balaban J connectivity index is 0.000000992. The van der Waals surface area contributed by atoms with Crippen molar-refractivity contribution in [3.8, 4) is 11.6 Å². The third-order valence-corrected chi connectivity index (χ3v) is 9.75. The second-order valence-corrected chi connectivity index (χ2v) is 14.0. The summed E-state index contributed by atoms with van der Waals surface area (Å²) >= 11 is 0. The van der Waals surface area contributed by atoms with Crippen molar-refractivity contribution in [2.45, 2.75) is 165 Å². The lowest BCUT2D eigenvalue weighted by molar-refractivity contribution is -0.138. The van der Waals surface area contributed by atoms with E-state index in [1.807, 2.05) is 85.5 Å². The first-order valence-corrected chi connectivity index (χ1v) is 21.9. The Hall–Kier alpha value is -4.19. The van der Waals surface area contributed by atoms with Gasteiger partial charge in [0.25, 0.3) is 0 Å². The number of nitrogens with one attached hydrogen (secondary N) is 2. The van der Waals surface area contributed by atoms with E-state index in [0.29, 0.717) is 31.9 Å². The second kappa shape index (κ2) is 30.8. The van der Waals surface area contributed by atoms with Crippen molar-refractivity contribution in [2.75, 3.05) is 27.2 Å². The molecule has 2 fully saturated rings. The van der Waals surface area contributed by atoms with Crippen LogP contribution in [0.25, 0.3) is 10.9 Å². The molecule has 4 unspecified atom stereocenters. The highest BCUT2D eigenvalue weighted by Crippen LogP contribution is 2.40. The zero-order valence-electron chi connectivity index (χ0n) is 38.1. The summed E-state index contributed by atoms with van der Waals surface area (Å²) in [5.41, 5.74) is 3.21. The molecule has 4 rings (SSSR count). The SMILES string of the molecule is CC.CC.CC.CCCCC(C)OC(=O)N[C@H](C=O)CCCCC/C=C\C1CC1C(=O)O.CCOc1cc(O[C@@H]2CC(C(=O)NC)N(C)C2)c2ccc(C)c(C)c2n1. The molecule has 1 saturated heterocycles. The number of ether oxygens (including phenoxy) is 3. The molecule has 2 amide bonds. The standard InChI is InChI=1S/C20H27N3O3.C20H33NO5.3C2H6/c1-6-25-18-10-17(15-8-7-12(2)13(3)19(15)22-18)26-14-9-16(20(24)21-4)23(5)11-14;1-3-4-10-15(2)26-20(25)21-17(14-22)12-9-7-5-6-8-11-16-13-18(16)19(23)24;3*1-2/h7-8,10,14,16H,6,9,11H2,1-5H3,(H,21,24);8,11,14-18H,3-7,9-10,12-13H2,1-2H3,(H,21,25)(H,23,24);3*1-2H3/b;11-8-;;;/t14-,16?;15?,16?,17-,18?;;;/m10.../s1. The van der Waals surface area contributed by atoms with Gasteiger partial charge in [0, 0.05) is 31.5 Å². The first-order chi connectivity index (χ1) is 27.9. The van der Waals surface area contributed by atoms with Crippen molar-refractivity contribution >= 4 is 35.2 Å². The molecule has 0 radical (unpaired) electrons. The second-order valence-electron chi connectivity index (χ2n) is 14.0. The quantitative estimate of drug-likeness (QED) is 0.0709. The number of aryl methyl sites for hydroxylation is 2. The minimum absolute atomic E-state index is 0.0275. The number of benzene rings is 1. The molecule has 3 N–H and O–H groups in total. The molecule has 12 nitrogen and oxygen atoms in total. The summed E-state index contributed by atoms with van der Waals surface area (Å²) in [4.78, 5) is 52.3. The van der Waals surface area contributed by atoms with Crippen LogP contribution in [0.1, 0.15) is 138 Å². The number of aromatic nitrogens is 1. The number of alkyl carbamates (subject to hydrolysis) is 1. The van der Waals surface area contributed by atoms with Gasteiger partial charge < -0.3 is 34.7 Å². The van der Waals surface area contributed by atoms with Gasteiger partial charge in [0.1, 0.15) is 24.2 Å². The molecule has 6 atom stereocenters. The van der Waals surface area contributed by atoms with Crippen molar-refractivity contribution in [1.82, 2.24) is 20.5 Å². The molecular weight excluding hydrogens is 737 g/mol. The fourth-order valence-corrected chi connectivity index (χ4v) is 6.36. The monoisotopic (exact) mass is 815 g/mol. The summed E-state index contributed by atoms with van der Waals surface area (Å²) in [7, 11) is 3.62. The predicted octanol–water partition coefficient (Wildman–Crippen LogP) is 9.61. The fraction of sp³-hybridized carbons (Fsp3) is 0.674. The van der Waals surface area contributed by atoms with E-state index in [9.17, 15) is 19.2 Å². The fourth-order valence-electron chi connectivity index (χ4n) is 6.36. The van der Waals surface area contributed by atoms with E-state index in [0.717, 1.165) is 79.9 Å². The first kappa shape index (κ1) is 53.8. The van der Waals surface area contributed by atoms with Crippen LogP contribution < -0.4 is 20.1 Å². The van der Waals surface area contributed by atoms with Crippen LogP contribution in [-0.2, 0) is 19.1 Å². The minimum Gasteiger partial charge on any atom is -0.488 e. The number of rotatable bonds is 19. The van der Waals surface area contributed by atoms with Gasteiger partial charge >= 0.3 is 12.1 Å².